The molecule has 0 atom stereocenters. The molecule has 0 spiro atoms. The van der Waals surface area contributed by atoms with Crippen molar-refractivity contribution in [2.24, 2.45) is 0 Å². The summed E-state index contributed by atoms with van der Waals surface area (Å²) in [7, 11) is 0. The molecule has 3 heteroatoms. The largest absolute Gasteiger partial charge is 0.492 e. The Balaban J connectivity index is 1.82. The highest BCUT2D eigenvalue weighted by Gasteiger charge is 2.16. The Morgan fingerprint density at radius 2 is 2.20 bits per heavy atom. The second-order valence-electron chi connectivity index (χ2n) is 3.79. The molecule has 78 valence electrons. The number of thiophene rings is 2. The van der Waals surface area contributed by atoms with Gasteiger partial charge in [-0.25, -0.2) is 0 Å². The first-order valence-electron chi connectivity index (χ1n) is 5.11. The zero-order valence-electron chi connectivity index (χ0n) is 8.58. The van der Waals surface area contributed by atoms with Gasteiger partial charge in [-0.05, 0) is 25.1 Å². The summed E-state index contributed by atoms with van der Waals surface area (Å²) in [6.07, 6.45) is 2.17. The van der Waals surface area contributed by atoms with Gasteiger partial charge < -0.3 is 4.74 Å². The maximum absolute atomic E-state index is 5.54. The number of rotatable bonds is 2. The van der Waals surface area contributed by atoms with Gasteiger partial charge in [-0.2, -0.15) is 0 Å². The predicted molar refractivity (Wildman–Crippen MR) is 65.4 cm³/mol. The van der Waals surface area contributed by atoms with Crippen molar-refractivity contribution in [1.29, 1.82) is 0 Å². The molecule has 3 rings (SSSR count). The van der Waals surface area contributed by atoms with Gasteiger partial charge in [0.05, 0.1) is 11.5 Å². The summed E-state index contributed by atoms with van der Waals surface area (Å²) in [6, 6.07) is 6.63. The van der Waals surface area contributed by atoms with Gasteiger partial charge >= 0.3 is 0 Å². The highest BCUT2D eigenvalue weighted by atomic mass is 32.1. The predicted octanol–water partition coefficient (Wildman–Crippen LogP) is 3.64. The Morgan fingerprint density at radius 3 is 2.93 bits per heavy atom. The van der Waals surface area contributed by atoms with E-state index < -0.39 is 0 Å². The van der Waals surface area contributed by atoms with Crippen molar-refractivity contribution in [2.45, 2.75) is 19.8 Å². The lowest BCUT2D eigenvalue weighted by Crippen LogP contribution is -1.88. The third kappa shape index (κ3) is 1.82. The molecule has 1 aliphatic heterocycles. The van der Waals surface area contributed by atoms with Crippen LogP contribution in [0.4, 0.5) is 0 Å². The van der Waals surface area contributed by atoms with Crippen LogP contribution in [0, 0.1) is 6.92 Å². The molecule has 0 saturated carbocycles. The number of hydrogen-bond donors (Lipinski definition) is 0. The molecule has 1 nitrogen and oxygen atoms in total. The van der Waals surface area contributed by atoms with Gasteiger partial charge in [-0.1, -0.05) is 0 Å². The molecule has 0 aliphatic carbocycles. The summed E-state index contributed by atoms with van der Waals surface area (Å²) in [5.41, 5.74) is 0. The highest BCUT2D eigenvalue weighted by molar-refractivity contribution is 7.13. The van der Waals surface area contributed by atoms with E-state index in [2.05, 4.69) is 25.1 Å². The molecule has 0 N–H and O–H groups in total. The van der Waals surface area contributed by atoms with E-state index in [1.54, 1.807) is 0 Å². The van der Waals surface area contributed by atoms with Gasteiger partial charge in [0.15, 0.2) is 0 Å². The third-order valence-corrected chi connectivity index (χ3v) is 4.73. The van der Waals surface area contributed by atoms with E-state index in [9.17, 15) is 0 Å². The van der Waals surface area contributed by atoms with Crippen molar-refractivity contribution in [3.05, 3.63) is 37.7 Å². The van der Waals surface area contributed by atoms with E-state index in [0.717, 1.165) is 25.2 Å². The maximum Gasteiger partial charge on any atom is 0.133 e. The Hall–Kier alpha value is -0.800. The van der Waals surface area contributed by atoms with Crippen LogP contribution in [0.25, 0.3) is 0 Å². The topological polar surface area (TPSA) is 9.23 Å². The zero-order chi connectivity index (χ0) is 10.3. The first kappa shape index (κ1) is 9.43. The molecule has 2 aromatic heterocycles. The number of fused-ring (bicyclic) bond motifs is 1. The fourth-order valence-electron chi connectivity index (χ4n) is 1.85. The third-order valence-electron chi connectivity index (χ3n) is 2.55. The molecule has 1 aliphatic rings. The van der Waals surface area contributed by atoms with E-state index in [0.29, 0.717) is 0 Å². The molecule has 0 bridgehead atoms. The van der Waals surface area contributed by atoms with Crippen molar-refractivity contribution in [1.82, 2.24) is 0 Å². The van der Waals surface area contributed by atoms with Crippen molar-refractivity contribution in [3.63, 3.8) is 0 Å². The standard InChI is InChI=1S/C12H12OS2/c1-8-2-3-9(14-8)6-10-7-11-12(15-10)4-5-13-11/h2-3,7H,4-6H2,1H3. The van der Waals surface area contributed by atoms with Crippen molar-refractivity contribution in [3.8, 4) is 5.75 Å². The molecule has 0 fully saturated rings. The summed E-state index contributed by atoms with van der Waals surface area (Å²) in [4.78, 5) is 5.71. The lowest BCUT2D eigenvalue weighted by atomic mass is 10.3. The van der Waals surface area contributed by atoms with Gasteiger partial charge in [0.25, 0.3) is 0 Å². The number of aryl methyl sites for hydroxylation is 1. The van der Waals surface area contributed by atoms with E-state index in [4.69, 9.17) is 4.74 Å². The molecule has 15 heavy (non-hydrogen) atoms. The van der Waals surface area contributed by atoms with Gasteiger partial charge in [0, 0.05) is 27.5 Å². The quantitative estimate of drug-likeness (QED) is 0.773. The molecule has 0 saturated heterocycles. The Labute approximate surface area is 97.3 Å². The smallest absolute Gasteiger partial charge is 0.133 e. The number of hydrogen-bond acceptors (Lipinski definition) is 3. The van der Waals surface area contributed by atoms with Crippen LogP contribution < -0.4 is 4.74 Å². The molecular weight excluding hydrogens is 224 g/mol. The second kappa shape index (κ2) is 3.65. The van der Waals surface area contributed by atoms with Gasteiger partial charge in [0.2, 0.25) is 0 Å². The summed E-state index contributed by atoms with van der Waals surface area (Å²) in [6.45, 7) is 3.03. The number of ether oxygens (including phenoxy) is 1. The first-order chi connectivity index (χ1) is 7.31. The summed E-state index contributed by atoms with van der Waals surface area (Å²) >= 11 is 3.80. The minimum Gasteiger partial charge on any atom is -0.492 e. The van der Waals surface area contributed by atoms with Crippen LogP contribution in [0.1, 0.15) is 19.5 Å². The van der Waals surface area contributed by atoms with Crippen LogP contribution in [0.2, 0.25) is 0 Å². The summed E-state index contributed by atoms with van der Waals surface area (Å²) in [5, 5.41) is 0. The zero-order valence-corrected chi connectivity index (χ0v) is 10.2. The molecule has 0 amide bonds. The lowest BCUT2D eigenvalue weighted by molar-refractivity contribution is 0.356. The molecule has 3 heterocycles. The Morgan fingerprint density at radius 1 is 1.27 bits per heavy atom. The van der Waals surface area contributed by atoms with Crippen LogP contribution in [0.5, 0.6) is 5.75 Å². The first-order valence-corrected chi connectivity index (χ1v) is 6.74. The Kier molecular flexibility index (Phi) is 2.29. The van der Waals surface area contributed by atoms with Crippen molar-refractivity contribution >= 4 is 22.7 Å². The summed E-state index contributed by atoms with van der Waals surface area (Å²) < 4.78 is 5.54. The fourth-order valence-corrected chi connectivity index (χ4v) is 3.97. The lowest BCUT2D eigenvalue weighted by Gasteiger charge is -1.94. The van der Waals surface area contributed by atoms with Crippen LogP contribution >= 0.6 is 22.7 Å². The fraction of sp³-hybridized carbons (Fsp3) is 0.333. The average Bonchev–Trinajstić information content (AvgIpc) is 2.81. The van der Waals surface area contributed by atoms with Gasteiger partial charge in [0.1, 0.15) is 5.75 Å². The molecule has 2 aromatic rings. The van der Waals surface area contributed by atoms with Gasteiger partial charge in [-0.15, -0.1) is 22.7 Å². The average molecular weight is 236 g/mol. The van der Waals surface area contributed by atoms with E-state index in [1.165, 1.54) is 19.5 Å². The molecule has 0 unspecified atom stereocenters. The van der Waals surface area contributed by atoms with Crippen LogP contribution in [0.3, 0.4) is 0 Å². The van der Waals surface area contributed by atoms with Crippen LogP contribution in [-0.2, 0) is 12.8 Å². The molecule has 0 aromatic carbocycles. The van der Waals surface area contributed by atoms with E-state index >= 15 is 0 Å². The maximum atomic E-state index is 5.54. The molecular formula is C12H12OS2. The minimum atomic E-state index is 0.875. The minimum absolute atomic E-state index is 0.875. The van der Waals surface area contributed by atoms with Crippen LogP contribution in [-0.4, -0.2) is 6.61 Å². The second-order valence-corrected chi connectivity index (χ2v) is 6.38. The van der Waals surface area contributed by atoms with E-state index in [-0.39, 0.29) is 0 Å². The monoisotopic (exact) mass is 236 g/mol. The summed E-state index contributed by atoms with van der Waals surface area (Å²) in [5.74, 6) is 1.13. The van der Waals surface area contributed by atoms with Crippen molar-refractivity contribution in [2.75, 3.05) is 6.61 Å². The Bertz CT molecular complexity index is 460. The molecule has 0 radical (unpaired) electrons. The van der Waals surface area contributed by atoms with Crippen LogP contribution in [0.15, 0.2) is 18.2 Å². The van der Waals surface area contributed by atoms with Crippen molar-refractivity contribution < 1.29 is 4.74 Å². The highest BCUT2D eigenvalue weighted by Crippen LogP contribution is 2.35. The normalized spacial score (nSPS) is 13.9. The van der Waals surface area contributed by atoms with Gasteiger partial charge in [-0.3, -0.25) is 0 Å². The van der Waals surface area contributed by atoms with E-state index in [1.807, 2.05) is 22.7 Å². The SMILES string of the molecule is Cc1ccc(Cc2cc3c(s2)CCO3)s1.